The van der Waals surface area contributed by atoms with E-state index in [1.54, 1.807) is 18.2 Å². The van der Waals surface area contributed by atoms with Crippen LogP contribution in [0.3, 0.4) is 0 Å². The first kappa shape index (κ1) is 15.4. The van der Waals surface area contributed by atoms with Crippen molar-refractivity contribution in [1.82, 2.24) is 0 Å². The monoisotopic (exact) mass is 368 g/mol. The van der Waals surface area contributed by atoms with Gasteiger partial charge in [-0.25, -0.2) is 4.39 Å². The van der Waals surface area contributed by atoms with Crippen molar-refractivity contribution in [3.8, 4) is 5.75 Å². The molecule has 4 nitrogen and oxygen atoms in total. The lowest BCUT2D eigenvalue weighted by atomic mass is 10.1. The van der Waals surface area contributed by atoms with E-state index in [1.165, 1.54) is 12.1 Å². The number of halogens is 2. The molecule has 0 heterocycles. The van der Waals surface area contributed by atoms with Gasteiger partial charge in [0.25, 0.3) is 5.91 Å². The maximum Gasteiger partial charge on any atom is 0.258 e. The van der Waals surface area contributed by atoms with E-state index in [1.807, 2.05) is 0 Å². The fourth-order valence-corrected chi connectivity index (χ4v) is 2.24. The number of phenols is 1. The fraction of sp³-hybridized carbons (Fsp3) is 0. The van der Waals surface area contributed by atoms with Gasteiger partial charge in [0, 0.05) is 16.1 Å². The predicted octanol–water partition coefficient (Wildman–Crippen LogP) is 3.18. The van der Waals surface area contributed by atoms with Crippen molar-refractivity contribution in [2.24, 2.45) is 5.73 Å². The van der Waals surface area contributed by atoms with Crippen LogP contribution in [0.1, 0.15) is 15.9 Å². The predicted molar refractivity (Wildman–Crippen MR) is 86.0 cm³/mol. The Bertz CT molecular complexity index is 737. The van der Waals surface area contributed by atoms with Crippen molar-refractivity contribution in [2.45, 2.75) is 0 Å². The number of phenolic OH excluding ortho intramolecular Hbond substituents is 1. The van der Waals surface area contributed by atoms with Gasteiger partial charge in [0.15, 0.2) is 0 Å². The van der Waals surface area contributed by atoms with Crippen LogP contribution in [-0.4, -0.2) is 16.0 Å². The SMILES string of the molecule is NC(=S)c1cc(Br)ccc1NC(=O)c1ccc(O)cc1F. The Morgan fingerprint density at radius 3 is 2.57 bits per heavy atom. The topological polar surface area (TPSA) is 75.3 Å². The van der Waals surface area contributed by atoms with Gasteiger partial charge >= 0.3 is 0 Å². The highest BCUT2D eigenvalue weighted by Crippen LogP contribution is 2.23. The largest absolute Gasteiger partial charge is 0.508 e. The van der Waals surface area contributed by atoms with Crippen molar-refractivity contribution in [3.63, 3.8) is 0 Å². The van der Waals surface area contributed by atoms with Crippen LogP contribution in [0.25, 0.3) is 0 Å². The molecule has 0 spiro atoms. The zero-order chi connectivity index (χ0) is 15.6. The lowest BCUT2D eigenvalue weighted by molar-refractivity contribution is 0.102. The van der Waals surface area contributed by atoms with Gasteiger partial charge in [-0.1, -0.05) is 28.1 Å². The smallest absolute Gasteiger partial charge is 0.258 e. The van der Waals surface area contributed by atoms with Crippen LogP contribution >= 0.6 is 28.1 Å². The normalized spacial score (nSPS) is 10.2. The third kappa shape index (κ3) is 3.56. The number of amides is 1. The minimum atomic E-state index is -0.818. The molecule has 0 radical (unpaired) electrons. The van der Waals surface area contributed by atoms with Crippen molar-refractivity contribution in [2.75, 3.05) is 5.32 Å². The van der Waals surface area contributed by atoms with Crippen molar-refractivity contribution >= 4 is 44.7 Å². The van der Waals surface area contributed by atoms with Gasteiger partial charge in [-0.05, 0) is 30.3 Å². The number of rotatable bonds is 3. The Balaban J connectivity index is 2.34. The number of nitrogens with two attached hydrogens (primary N) is 1. The highest BCUT2D eigenvalue weighted by molar-refractivity contribution is 9.10. The Morgan fingerprint density at radius 2 is 1.95 bits per heavy atom. The summed E-state index contributed by atoms with van der Waals surface area (Å²) in [6.45, 7) is 0. The molecule has 1 amide bonds. The highest BCUT2D eigenvalue weighted by Gasteiger charge is 2.15. The van der Waals surface area contributed by atoms with E-state index in [-0.39, 0.29) is 16.3 Å². The lowest BCUT2D eigenvalue weighted by Gasteiger charge is -2.11. The van der Waals surface area contributed by atoms with E-state index in [0.29, 0.717) is 11.3 Å². The number of anilines is 1. The third-order valence-electron chi connectivity index (χ3n) is 2.69. The molecule has 0 fully saturated rings. The van der Waals surface area contributed by atoms with Gasteiger partial charge in [0.05, 0.1) is 11.3 Å². The molecule has 7 heteroatoms. The molecule has 0 aliphatic carbocycles. The summed E-state index contributed by atoms with van der Waals surface area (Å²) in [7, 11) is 0. The van der Waals surface area contributed by atoms with Crippen LogP contribution in [0.4, 0.5) is 10.1 Å². The number of hydrogen-bond acceptors (Lipinski definition) is 3. The lowest BCUT2D eigenvalue weighted by Crippen LogP contribution is -2.18. The summed E-state index contributed by atoms with van der Waals surface area (Å²) in [5.41, 5.74) is 6.25. The van der Waals surface area contributed by atoms with Gasteiger partial charge in [-0.2, -0.15) is 0 Å². The van der Waals surface area contributed by atoms with E-state index in [0.717, 1.165) is 10.5 Å². The third-order valence-corrected chi connectivity index (χ3v) is 3.41. The second-order valence-electron chi connectivity index (χ2n) is 4.17. The minimum absolute atomic E-state index is 0.109. The maximum atomic E-state index is 13.6. The first-order valence-corrected chi connectivity index (χ1v) is 6.98. The summed E-state index contributed by atoms with van der Waals surface area (Å²) in [5.74, 6) is -1.73. The first-order valence-electron chi connectivity index (χ1n) is 5.77. The molecule has 0 aliphatic heterocycles. The first-order chi connectivity index (χ1) is 9.88. The summed E-state index contributed by atoms with van der Waals surface area (Å²) in [6.07, 6.45) is 0. The average molecular weight is 369 g/mol. The van der Waals surface area contributed by atoms with Crippen LogP contribution in [0.5, 0.6) is 5.75 Å². The van der Waals surface area contributed by atoms with Crippen molar-refractivity contribution in [3.05, 3.63) is 57.8 Å². The Hall–Kier alpha value is -1.99. The van der Waals surface area contributed by atoms with Crippen LogP contribution in [-0.2, 0) is 0 Å². The molecule has 4 N–H and O–H groups in total. The second-order valence-corrected chi connectivity index (χ2v) is 5.53. The molecule has 2 rings (SSSR count). The number of aromatic hydroxyl groups is 1. The molecule has 0 saturated heterocycles. The molecule has 21 heavy (non-hydrogen) atoms. The molecule has 0 unspecified atom stereocenters. The standard InChI is InChI=1S/C14H10BrFN2O2S/c15-7-1-4-12(10(5-7)13(17)21)18-14(20)9-3-2-8(19)6-11(9)16/h1-6,19H,(H2,17,21)(H,18,20). The molecule has 0 aromatic heterocycles. The molecule has 0 saturated carbocycles. The molecule has 2 aromatic rings. The molecule has 2 aromatic carbocycles. The van der Waals surface area contributed by atoms with E-state index in [2.05, 4.69) is 21.2 Å². The number of carbonyl (C=O) groups excluding carboxylic acids is 1. The van der Waals surface area contributed by atoms with Crippen LogP contribution < -0.4 is 11.1 Å². The van der Waals surface area contributed by atoms with Crippen LogP contribution in [0.2, 0.25) is 0 Å². The summed E-state index contributed by atoms with van der Waals surface area (Å²) in [4.78, 5) is 12.2. The van der Waals surface area contributed by atoms with Gasteiger partial charge in [0.2, 0.25) is 0 Å². The Labute approximate surface area is 133 Å². The molecular formula is C14H10BrFN2O2S. The Kier molecular flexibility index (Phi) is 4.54. The quantitative estimate of drug-likeness (QED) is 0.727. The van der Waals surface area contributed by atoms with E-state index >= 15 is 0 Å². The number of hydrogen-bond donors (Lipinski definition) is 3. The summed E-state index contributed by atoms with van der Waals surface area (Å²) in [5, 5.41) is 11.7. The van der Waals surface area contributed by atoms with E-state index in [9.17, 15) is 9.18 Å². The zero-order valence-electron chi connectivity index (χ0n) is 10.6. The fourth-order valence-electron chi connectivity index (χ4n) is 1.71. The van der Waals surface area contributed by atoms with Gasteiger partial charge in [0.1, 0.15) is 16.6 Å². The number of carbonyl (C=O) groups is 1. The molecule has 0 bridgehead atoms. The highest BCUT2D eigenvalue weighted by atomic mass is 79.9. The summed E-state index contributed by atoms with van der Waals surface area (Å²) in [6, 6.07) is 8.25. The van der Waals surface area contributed by atoms with E-state index < -0.39 is 11.7 Å². The summed E-state index contributed by atoms with van der Waals surface area (Å²) >= 11 is 8.20. The van der Waals surface area contributed by atoms with Crippen molar-refractivity contribution in [1.29, 1.82) is 0 Å². The second kappa shape index (κ2) is 6.19. The maximum absolute atomic E-state index is 13.6. The van der Waals surface area contributed by atoms with E-state index in [4.69, 9.17) is 23.1 Å². The average Bonchev–Trinajstić information content (AvgIpc) is 2.40. The van der Waals surface area contributed by atoms with Gasteiger partial charge in [-0.3, -0.25) is 4.79 Å². The zero-order valence-corrected chi connectivity index (χ0v) is 13.0. The summed E-state index contributed by atoms with van der Waals surface area (Å²) < 4.78 is 14.4. The molecule has 108 valence electrons. The number of benzene rings is 2. The molecular weight excluding hydrogens is 359 g/mol. The Morgan fingerprint density at radius 1 is 1.24 bits per heavy atom. The van der Waals surface area contributed by atoms with Crippen LogP contribution in [0.15, 0.2) is 40.9 Å². The van der Waals surface area contributed by atoms with Gasteiger partial charge in [-0.15, -0.1) is 0 Å². The number of nitrogens with one attached hydrogen (secondary N) is 1. The van der Waals surface area contributed by atoms with Crippen molar-refractivity contribution < 1.29 is 14.3 Å². The molecule has 0 atom stereocenters. The number of thiocarbonyl (C=S) groups is 1. The minimum Gasteiger partial charge on any atom is -0.508 e. The van der Waals surface area contributed by atoms with Crippen LogP contribution in [0, 0.1) is 5.82 Å². The molecule has 0 aliphatic rings. The van der Waals surface area contributed by atoms with Gasteiger partial charge < -0.3 is 16.2 Å².